The maximum absolute atomic E-state index is 12.2. The Balaban J connectivity index is 2.90. The van der Waals surface area contributed by atoms with Gasteiger partial charge >= 0.3 is 6.18 Å². The number of aromatic nitrogens is 1. The number of nitrogens with one attached hydrogen (secondary N) is 1. The minimum Gasteiger partial charge on any atom is -0.374 e. The molecule has 2 N–H and O–H groups in total. The molecular weight excluding hydrogens is 197 g/mol. The fourth-order valence-corrected chi connectivity index (χ4v) is 0.917. The van der Waals surface area contributed by atoms with E-state index in [1.54, 1.807) is 0 Å². The van der Waals surface area contributed by atoms with Gasteiger partial charge in [0.15, 0.2) is 0 Å². The maximum Gasteiger partial charge on any atom is 0.433 e. The molecule has 1 aromatic rings. The zero-order valence-electron chi connectivity index (χ0n) is 7.34. The minimum atomic E-state index is -4.46. The summed E-state index contributed by atoms with van der Waals surface area (Å²) in [5.74, 6) is 0. The van der Waals surface area contributed by atoms with E-state index in [1.165, 1.54) is 13.0 Å². The fraction of sp³-hybridized carbons (Fsp3) is 0.375. The number of hydrogen-bond donors (Lipinski definition) is 2. The van der Waals surface area contributed by atoms with Gasteiger partial charge in [0.05, 0.1) is 0 Å². The highest BCUT2D eigenvalue weighted by Gasteiger charge is 2.32. The molecule has 3 nitrogen and oxygen atoms in total. The van der Waals surface area contributed by atoms with Crippen molar-refractivity contribution < 1.29 is 18.3 Å². The van der Waals surface area contributed by atoms with Gasteiger partial charge in [-0.05, 0) is 19.1 Å². The van der Waals surface area contributed by atoms with Gasteiger partial charge < -0.3 is 10.4 Å². The molecule has 0 radical (unpaired) electrons. The molecule has 0 saturated carbocycles. The predicted octanol–water partition coefficient (Wildman–Crippen LogP) is 1.85. The molecule has 0 aliphatic heterocycles. The van der Waals surface area contributed by atoms with Gasteiger partial charge in [0, 0.05) is 11.9 Å². The fourth-order valence-electron chi connectivity index (χ4n) is 0.917. The van der Waals surface area contributed by atoms with Crippen LogP contribution in [0.15, 0.2) is 18.3 Å². The summed E-state index contributed by atoms with van der Waals surface area (Å²) in [7, 11) is 0. The molecule has 1 aromatic heterocycles. The van der Waals surface area contributed by atoms with Gasteiger partial charge in [-0.25, -0.2) is 0 Å². The smallest absolute Gasteiger partial charge is 0.374 e. The first-order valence-electron chi connectivity index (χ1n) is 3.87. The normalized spacial score (nSPS) is 13.8. The molecule has 1 atom stereocenters. The van der Waals surface area contributed by atoms with Crippen molar-refractivity contribution in [2.45, 2.75) is 19.3 Å². The van der Waals surface area contributed by atoms with Gasteiger partial charge in [0.25, 0.3) is 0 Å². The molecule has 6 heteroatoms. The Labute approximate surface area is 78.6 Å². The maximum atomic E-state index is 12.2. The van der Waals surface area contributed by atoms with E-state index >= 15 is 0 Å². The standard InChI is InChI=1S/C8H9F3N2O/c1-5(14)13-6-2-3-12-7(4-6)8(9,10)11/h2-5,14H,1H3,(H,12,13). The van der Waals surface area contributed by atoms with Crippen LogP contribution >= 0.6 is 0 Å². The second-order valence-corrected chi connectivity index (χ2v) is 2.75. The van der Waals surface area contributed by atoms with E-state index in [0.29, 0.717) is 0 Å². The third-order valence-corrected chi connectivity index (χ3v) is 1.43. The average molecular weight is 206 g/mol. The van der Waals surface area contributed by atoms with Crippen molar-refractivity contribution in [1.82, 2.24) is 4.98 Å². The van der Waals surface area contributed by atoms with Crippen molar-refractivity contribution in [2.75, 3.05) is 5.32 Å². The number of pyridine rings is 1. The number of hydrogen-bond acceptors (Lipinski definition) is 3. The van der Waals surface area contributed by atoms with E-state index in [2.05, 4.69) is 10.3 Å². The van der Waals surface area contributed by atoms with Crippen LogP contribution in [0.3, 0.4) is 0 Å². The van der Waals surface area contributed by atoms with E-state index in [4.69, 9.17) is 5.11 Å². The van der Waals surface area contributed by atoms with E-state index in [9.17, 15) is 13.2 Å². The van der Waals surface area contributed by atoms with Crippen LogP contribution < -0.4 is 5.32 Å². The van der Waals surface area contributed by atoms with Crippen molar-refractivity contribution in [1.29, 1.82) is 0 Å². The lowest BCUT2D eigenvalue weighted by Gasteiger charge is -2.11. The van der Waals surface area contributed by atoms with Crippen LogP contribution in [0.2, 0.25) is 0 Å². The lowest BCUT2D eigenvalue weighted by Crippen LogP contribution is -2.15. The number of nitrogens with zero attached hydrogens (tertiary/aromatic N) is 1. The first-order valence-corrected chi connectivity index (χ1v) is 3.87. The predicted molar refractivity (Wildman–Crippen MR) is 44.5 cm³/mol. The third-order valence-electron chi connectivity index (χ3n) is 1.43. The quantitative estimate of drug-likeness (QED) is 0.726. The largest absolute Gasteiger partial charge is 0.433 e. The van der Waals surface area contributed by atoms with E-state index in [0.717, 1.165) is 12.3 Å². The van der Waals surface area contributed by atoms with Gasteiger partial charge in [0.2, 0.25) is 0 Å². The zero-order valence-corrected chi connectivity index (χ0v) is 7.34. The summed E-state index contributed by atoms with van der Waals surface area (Å²) in [6, 6.07) is 2.19. The van der Waals surface area contributed by atoms with E-state index in [-0.39, 0.29) is 5.69 Å². The zero-order chi connectivity index (χ0) is 10.8. The number of rotatable bonds is 2. The molecule has 0 amide bonds. The SMILES string of the molecule is CC(O)Nc1ccnc(C(F)(F)F)c1. The van der Waals surface area contributed by atoms with Crippen LogP contribution in [0.4, 0.5) is 18.9 Å². The van der Waals surface area contributed by atoms with Crippen LogP contribution in [0.5, 0.6) is 0 Å². The van der Waals surface area contributed by atoms with Crippen molar-refractivity contribution in [3.8, 4) is 0 Å². The number of halogens is 3. The van der Waals surface area contributed by atoms with Gasteiger partial charge in [-0.15, -0.1) is 0 Å². The molecule has 78 valence electrons. The third kappa shape index (κ3) is 2.88. The Morgan fingerprint density at radius 1 is 1.50 bits per heavy atom. The second-order valence-electron chi connectivity index (χ2n) is 2.75. The number of alkyl halides is 3. The second kappa shape index (κ2) is 3.83. The van der Waals surface area contributed by atoms with Crippen LogP contribution in [0, 0.1) is 0 Å². The minimum absolute atomic E-state index is 0.183. The Bertz CT molecular complexity index is 312. The number of aliphatic hydroxyl groups is 1. The summed E-state index contributed by atoms with van der Waals surface area (Å²) in [4.78, 5) is 3.17. The molecule has 1 unspecified atom stereocenters. The molecule has 0 bridgehead atoms. The summed E-state index contributed by atoms with van der Waals surface area (Å²) >= 11 is 0. The molecule has 1 heterocycles. The monoisotopic (exact) mass is 206 g/mol. The van der Waals surface area contributed by atoms with Gasteiger partial charge in [-0.2, -0.15) is 13.2 Å². The van der Waals surface area contributed by atoms with Crippen LogP contribution in [-0.4, -0.2) is 16.3 Å². The van der Waals surface area contributed by atoms with E-state index < -0.39 is 18.1 Å². The first-order chi connectivity index (χ1) is 6.39. The molecule has 1 rings (SSSR count). The molecule has 0 saturated heterocycles. The lowest BCUT2D eigenvalue weighted by atomic mass is 10.3. The lowest BCUT2D eigenvalue weighted by molar-refractivity contribution is -0.141. The Hall–Kier alpha value is -1.30. The highest BCUT2D eigenvalue weighted by Crippen LogP contribution is 2.28. The van der Waals surface area contributed by atoms with Crippen LogP contribution in [-0.2, 0) is 6.18 Å². The summed E-state index contributed by atoms with van der Waals surface area (Å²) in [5, 5.41) is 11.3. The number of aliphatic hydroxyl groups excluding tert-OH is 1. The van der Waals surface area contributed by atoms with E-state index in [1.807, 2.05) is 0 Å². The van der Waals surface area contributed by atoms with Crippen molar-refractivity contribution in [2.24, 2.45) is 0 Å². The Morgan fingerprint density at radius 3 is 2.64 bits per heavy atom. The Morgan fingerprint density at radius 2 is 2.14 bits per heavy atom. The highest BCUT2D eigenvalue weighted by atomic mass is 19.4. The van der Waals surface area contributed by atoms with Crippen LogP contribution in [0.1, 0.15) is 12.6 Å². The average Bonchev–Trinajstić information content (AvgIpc) is 2.01. The summed E-state index contributed by atoms with van der Waals surface area (Å²) in [6.45, 7) is 1.41. The Kier molecular flexibility index (Phi) is 2.95. The van der Waals surface area contributed by atoms with Crippen molar-refractivity contribution >= 4 is 5.69 Å². The molecule has 0 aliphatic carbocycles. The van der Waals surface area contributed by atoms with Gasteiger partial charge in [-0.3, -0.25) is 4.98 Å². The summed E-state index contributed by atoms with van der Waals surface area (Å²) in [6.07, 6.45) is -4.33. The number of anilines is 1. The molecule has 0 spiro atoms. The van der Waals surface area contributed by atoms with Gasteiger partial charge in [-0.1, -0.05) is 0 Å². The topological polar surface area (TPSA) is 45.1 Å². The molecule has 0 aromatic carbocycles. The molecular formula is C8H9F3N2O. The van der Waals surface area contributed by atoms with Crippen molar-refractivity contribution in [3.05, 3.63) is 24.0 Å². The molecule has 0 fully saturated rings. The first kappa shape index (κ1) is 10.8. The summed E-state index contributed by atoms with van der Waals surface area (Å²) in [5.41, 5.74) is -0.800. The highest BCUT2D eigenvalue weighted by molar-refractivity contribution is 5.43. The van der Waals surface area contributed by atoms with Crippen LogP contribution in [0.25, 0.3) is 0 Å². The van der Waals surface area contributed by atoms with Crippen molar-refractivity contribution in [3.63, 3.8) is 0 Å². The molecule has 14 heavy (non-hydrogen) atoms. The van der Waals surface area contributed by atoms with Gasteiger partial charge in [0.1, 0.15) is 11.9 Å². The molecule has 0 aliphatic rings. The summed E-state index contributed by atoms with van der Waals surface area (Å²) < 4.78 is 36.5.